The van der Waals surface area contributed by atoms with Gasteiger partial charge in [-0.3, -0.25) is 4.79 Å². The Bertz CT molecular complexity index is 476. The number of carbonyl (C=O) groups is 1. The fraction of sp³-hybridized carbons (Fsp3) is 0.333. The third-order valence-corrected chi connectivity index (χ3v) is 2.84. The minimum atomic E-state index is -0.890. The molecule has 0 radical (unpaired) electrons. The number of nitriles is 1. The van der Waals surface area contributed by atoms with Crippen molar-refractivity contribution in [3.8, 4) is 6.07 Å². The van der Waals surface area contributed by atoms with Crippen LogP contribution in [0.2, 0.25) is 0 Å². The molecular weight excluding hydrogens is 226 g/mol. The molecule has 1 unspecified atom stereocenters. The van der Waals surface area contributed by atoms with E-state index >= 15 is 0 Å². The predicted molar refractivity (Wildman–Crippen MR) is 56.0 cm³/mol. The lowest BCUT2D eigenvalue weighted by atomic mass is 10.1. The van der Waals surface area contributed by atoms with Crippen LogP contribution in [0.5, 0.6) is 0 Å². The van der Waals surface area contributed by atoms with E-state index in [1.165, 1.54) is 11.0 Å². The maximum absolute atomic E-state index is 13.4. The van der Waals surface area contributed by atoms with Crippen LogP contribution in [0.15, 0.2) is 18.2 Å². The summed E-state index contributed by atoms with van der Waals surface area (Å²) in [6, 6.07) is 4.65. The van der Waals surface area contributed by atoms with Crippen LogP contribution in [0.25, 0.3) is 0 Å². The van der Waals surface area contributed by atoms with Gasteiger partial charge in [0, 0.05) is 6.54 Å². The second-order valence-electron chi connectivity index (χ2n) is 3.88. The molecule has 0 N–H and O–H groups in total. The quantitative estimate of drug-likeness (QED) is 0.749. The first-order valence-electron chi connectivity index (χ1n) is 5.29. The van der Waals surface area contributed by atoms with Gasteiger partial charge in [0.05, 0.1) is 6.07 Å². The molecule has 3 nitrogen and oxygen atoms in total. The van der Waals surface area contributed by atoms with E-state index in [4.69, 9.17) is 5.26 Å². The van der Waals surface area contributed by atoms with Gasteiger partial charge in [-0.1, -0.05) is 6.07 Å². The summed E-state index contributed by atoms with van der Waals surface area (Å²) in [5.41, 5.74) is -0.574. The molecule has 0 spiro atoms. The molecule has 1 aromatic carbocycles. The first kappa shape index (κ1) is 11.5. The van der Waals surface area contributed by atoms with Gasteiger partial charge in [-0.05, 0) is 25.0 Å². The molecule has 0 aromatic heterocycles. The second-order valence-corrected chi connectivity index (χ2v) is 3.88. The molecule has 1 aliphatic heterocycles. The van der Waals surface area contributed by atoms with Crippen molar-refractivity contribution in [1.29, 1.82) is 5.26 Å². The molecule has 17 heavy (non-hydrogen) atoms. The summed E-state index contributed by atoms with van der Waals surface area (Å²) in [4.78, 5) is 13.2. The van der Waals surface area contributed by atoms with E-state index in [0.29, 0.717) is 19.4 Å². The van der Waals surface area contributed by atoms with E-state index in [1.807, 2.05) is 6.07 Å². The highest BCUT2D eigenvalue weighted by Gasteiger charge is 2.32. The first-order chi connectivity index (χ1) is 8.15. The highest BCUT2D eigenvalue weighted by Crippen LogP contribution is 2.22. The molecule has 1 aliphatic rings. The Labute approximate surface area is 97.3 Å². The van der Waals surface area contributed by atoms with E-state index in [2.05, 4.69) is 0 Å². The molecule has 1 saturated heterocycles. The highest BCUT2D eigenvalue weighted by atomic mass is 19.1. The lowest BCUT2D eigenvalue weighted by Crippen LogP contribution is -2.35. The zero-order chi connectivity index (χ0) is 12.4. The maximum atomic E-state index is 13.4. The smallest absolute Gasteiger partial charge is 0.260 e. The Morgan fingerprint density at radius 1 is 1.41 bits per heavy atom. The summed E-state index contributed by atoms with van der Waals surface area (Å²) in [5, 5.41) is 8.84. The number of hydrogen-bond donors (Lipinski definition) is 0. The molecule has 2 rings (SSSR count). The third-order valence-electron chi connectivity index (χ3n) is 2.84. The van der Waals surface area contributed by atoms with E-state index < -0.39 is 29.1 Å². The molecule has 5 heteroatoms. The molecule has 1 amide bonds. The van der Waals surface area contributed by atoms with Crippen molar-refractivity contribution in [3.63, 3.8) is 0 Å². The number of benzene rings is 1. The predicted octanol–water partition coefficient (Wildman–Crippen LogP) is 2.09. The zero-order valence-corrected chi connectivity index (χ0v) is 8.99. The van der Waals surface area contributed by atoms with Crippen molar-refractivity contribution in [3.05, 3.63) is 35.4 Å². The molecule has 0 bridgehead atoms. The summed E-state index contributed by atoms with van der Waals surface area (Å²) in [6.07, 6.45) is 1.23. The van der Waals surface area contributed by atoms with E-state index in [9.17, 15) is 13.6 Å². The van der Waals surface area contributed by atoms with Gasteiger partial charge < -0.3 is 4.90 Å². The maximum Gasteiger partial charge on any atom is 0.260 e. The van der Waals surface area contributed by atoms with Crippen LogP contribution in [0.1, 0.15) is 23.2 Å². The average molecular weight is 236 g/mol. The Balaban J connectivity index is 2.35. The summed E-state index contributed by atoms with van der Waals surface area (Å²) in [6.45, 7) is 0.366. The lowest BCUT2D eigenvalue weighted by Gasteiger charge is -2.19. The Kier molecular flexibility index (Phi) is 3.05. The number of rotatable bonds is 1. The Morgan fingerprint density at radius 3 is 2.65 bits per heavy atom. The summed E-state index contributed by atoms with van der Waals surface area (Å²) in [5.74, 6) is -2.53. The van der Waals surface area contributed by atoms with Crippen molar-refractivity contribution in [1.82, 2.24) is 4.90 Å². The van der Waals surface area contributed by atoms with Crippen LogP contribution in [0, 0.1) is 23.0 Å². The van der Waals surface area contributed by atoms with Crippen LogP contribution in [-0.4, -0.2) is 23.4 Å². The summed E-state index contributed by atoms with van der Waals surface area (Å²) < 4.78 is 26.8. The van der Waals surface area contributed by atoms with Crippen LogP contribution in [0.4, 0.5) is 8.78 Å². The number of likely N-dealkylation sites (tertiary alicyclic amines) is 1. The average Bonchev–Trinajstić information content (AvgIpc) is 2.76. The van der Waals surface area contributed by atoms with Gasteiger partial charge in [0.2, 0.25) is 0 Å². The van der Waals surface area contributed by atoms with Gasteiger partial charge in [-0.15, -0.1) is 0 Å². The van der Waals surface area contributed by atoms with E-state index in [1.54, 1.807) is 0 Å². The zero-order valence-electron chi connectivity index (χ0n) is 8.99. The van der Waals surface area contributed by atoms with Crippen LogP contribution >= 0.6 is 0 Å². The van der Waals surface area contributed by atoms with E-state index in [-0.39, 0.29) is 0 Å². The van der Waals surface area contributed by atoms with Crippen molar-refractivity contribution >= 4 is 5.91 Å². The van der Waals surface area contributed by atoms with E-state index in [0.717, 1.165) is 12.1 Å². The van der Waals surface area contributed by atoms with Gasteiger partial charge >= 0.3 is 0 Å². The molecule has 1 atom stereocenters. The normalized spacial score (nSPS) is 19.1. The minimum absolute atomic E-state index is 0.366. The van der Waals surface area contributed by atoms with Gasteiger partial charge in [0.1, 0.15) is 23.2 Å². The molecule has 1 aromatic rings. The lowest BCUT2D eigenvalue weighted by molar-refractivity contribution is 0.0755. The molecule has 0 aliphatic carbocycles. The summed E-state index contributed by atoms with van der Waals surface area (Å²) in [7, 11) is 0. The van der Waals surface area contributed by atoms with Crippen molar-refractivity contribution < 1.29 is 13.6 Å². The topological polar surface area (TPSA) is 44.1 Å². The molecule has 88 valence electrons. The van der Waals surface area contributed by atoms with Gasteiger partial charge in [-0.25, -0.2) is 8.78 Å². The molecule has 1 heterocycles. The number of halogens is 2. The minimum Gasteiger partial charge on any atom is -0.322 e. The Morgan fingerprint density at radius 2 is 2.06 bits per heavy atom. The van der Waals surface area contributed by atoms with Gasteiger partial charge in [-0.2, -0.15) is 5.26 Å². The molecular formula is C12H10F2N2O. The van der Waals surface area contributed by atoms with Crippen molar-refractivity contribution in [2.45, 2.75) is 18.9 Å². The van der Waals surface area contributed by atoms with Crippen molar-refractivity contribution in [2.24, 2.45) is 0 Å². The van der Waals surface area contributed by atoms with Crippen LogP contribution in [0.3, 0.4) is 0 Å². The fourth-order valence-corrected chi connectivity index (χ4v) is 1.99. The van der Waals surface area contributed by atoms with Crippen LogP contribution in [-0.2, 0) is 0 Å². The number of hydrogen-bond acceptors (Lipinski definition) is 2. The van der Waals surface area contributed by atoms with Crippen molar-refractivity contribution in [2.75, 3.05) is 6.54 Å². The number of carbonyl (C=O) groups excluding carboxylic acids is 1. The monoisotopic (exact) mass is 236 g/mol. The standard InChI is InChI=1S/C12H10F2N2O/c13-9-4-1-5-10(14)11(9)12(17)16-6-2-3-8(16)7-15/h1,4-5,8H,2-3,6H2. The third kappa shape index (κ3) is 1.98. The highest BCUT2D eigenvalue weighted by molar-refractivity contribution is 5.95. The fourth-order valence-electron chi connectivity index (χ4n) is 1.99. The molecule has 1 fully saturated rings. The Hall–Kier alpha value is -1.96. The first-order valence-corrected chi connectivity index (χ1v) is 5.29. The van der Waals surface area contributed by atoms with Crippen LogP contribution < -0.4 is 0 Å². The SMILES string of the molecule is N#CC1CCCN1C(=O)c1c(F)cccc1F. The molecule has 0 saturated carbocycles. The number of nitrogens with zero attached hydrogens (tertiary/aromatic N) is 2. The van der Waals surface area contributed by atoms with Gasteiger partial charge in [0.15, 0.2) is 0 Å². The van der Waals surface area contributed by atoms with Gasteiger partial charge in [0.25, 0.3) is 5.91 Å². The number of amides is 1. The second kappa shape index (κ2) is 4.50. The summed E-state index contributed by atoms with van der Waals surface area (Å²) >= 11 is 0. The largest absolute Gasteiger partial charge is 0.322 e.